The number of aryl methyl sites for hydroxylation is 1. The van der Waals surface area contributed by atoms with Crippen LogP contribution in [-0.2, 0) is 6.61 Å². The Kier molecular flexibility index (Phi) is 4.58. The van der Waals surface area contributed by atoms with Crippen LogP contribution in [0.15, 0.2) is 47.1 Å². The van der Waals surface area contributed by atoms with Gasteiger partial charge in [-0.3, -0.25) is 9.78 Å². The highest BCUT2D eigenvalue weighted by Gasteiger charge is 2.23. The van der Waals surface area contributed by atoms with Gasteiger partial charge in [0, 0.05) is 35.9 Å². The smallest absolute Gasteiger partial charge is 0.255 e. The van der Waals surface area contributed by atoms with E-state index in [1.807, 2.05) is 37.3 Å². The molecule has 26 heavy (non-hydrogen) atoms. The zero-order chi connectivity index (χ0) is 17.9. The summed E-state index contributed by atoms with van der Waals surface area (Å²) in [6, 6.07) is 9.56. The van der Waals surface area contributed by atoms with Gasteiger partial charge in [0.05, 0.1) is 5.56 Å². The van der Waals surface area contributed by atoms with Gasteiger partial charge in [0.25, 0.3) is 5.91 Å². The van der Waals surface area contributed by atoms with E-state index in [0.29, 0.717) is 29.3 Å². The predicted molar refractivity (Wildman–Crippen MR) is 98.3 cm³/mol. The number of ether oxygens (including phenoxy) is 1. The zero-order valence-corrected chi connectivity index (χ0v) is 14.6. The number of carbonyl (C=O) groups excluding carboxylic acids is 1. The van der Waals surface area contributed by atoms with E-state index in [4.69, 9.17) is 9.15 Å². The lowest BCUT2D eigenvalue weighted by atomic mass is 10.1. The number of aromatic nitrogens is 1. The average Bonchev–Trinajstić information content (AvgIpc) is 3.27. The lowest BCUT2D eigenvalue weighted by Gasteiger charge is -2.11. The molecule has 0 radical (unpaired) electrons. The van der Waals surface area contributed by atoms with Gasteiger partial charge >= 0.3 is 0 Å². The molecule has 3 heterocycles. The van der Waals surface area contributed by atoms with Gasteiger partial charge in [0.1, 0.15) is 23.7 Å². The van der Waals surface area contributed by atoms with Crippen LogP contribution in [0.4, 0.5) is 0 Å². The molecule has 0 spiro atoms. The molecule has 0 aliphatic carbocycles. The Morgan fingerprint density at radius 3 is 3.12 bits per heavy atom. The third-order valence-electron chi connectivity index (χ3n) is 4.59. The molecule has 6 nitrogen and oxygen atoms in total. The number of fused-ring (bicyclic) bond motifs is 1. The highest BCUT2D eigenvalue weighted by molar-refractivity contribution is 6.07. The minimum absolute atomic E-state index is 0.0978. The standard InChI is InChI=1S/C20H21N3O3/c1-13-19(20(24)23-15-6-8-22-11-15)17-9-16(4-5-18(17)26-13)25-12-14-3-2-7-21-10-14/h2-5,7,9-10,15,22H,6,8,11-12H2,1H3,(H,23,24)/t15-/m0/s1. The minimum atomic E-state index is -0.0978. The zero-order valence-electron chi connectivity index (χ0n) is 14.6. The highest BCUT2D eigenvalue weighted by atomic mass is 16.5. The first kappa shape index (κ1) is 16.6. The first-order chi connectivity index (χ1) is 12.7. The first-order valence-corrected chi connectivity index (χ1v) is 8.77. The lowest BCUT2D eigenvalue weighted by molar-refractivity contribution is 0.0940. The minimum Gasteiger partial charge on any atom is -0.489 e. The maximum absolute atomic E-state index is 12.7. The number of benzene rings is 1. The molecule has 0 saturated carbocycles. The topological polar surface area (TPSA) is 76.4 Å². The molecule has 0 unspecified atom stereocenters. The van der Waals surface area contributed by atoms with Crippen LogP contribution in [0.3, 0.4) is 0 Å². The molecular weight excluding hydrogens is 330 g/mol. The molecule has 2 N–H and O–H groups in total. The highest BCUT2D eigenvalue weighted by Crippen LogP contribution is 2.29. The van der Waals surface area contributed by atoms with Crippen LogP contribution < -0.4 is 15.4 Å². The van der Waals surface area contributed by atoms with E-state index in [0.717, 1.165) is 30.5 Å². The average molecular weight is 351 g/mol. The molecule has 2 aromatic heterocycles. The Labute approximate surface area is 151 Å². The third kappa shape index (κ3) is 3.41. The number of pyridine rings is 1. The second-order valence-electron chi connectivity index (χ2n) is 6.50. The van der Waals surface area contributed by atoms with Crippen LogP contribution in [0, 0.1) is 6.92 Å². The third-order valence-corrected chi connectivity index (χ3v) is 4.59. The molecule has 4 rings (SSSR count). The molecule has 134 valence electrons. The van der Waals surface area contributed by atoms with Crippen molar-refractivity contribution in [1.29, 1.82) is 0 Å². The Bertz CT molecular complexity index is 915. The van der Waals surface area contributed by atoms with Crippen molar-refractivity contribution in [3.05, 3.63) is 59.6 Å². The monoisotopic (exact) mass is 351 g/mol. The second kappa shape index (κ2) is 7.17. The lowest BCUT2D eigenvalue weighted by Crippen LogP contribution is -2.36. The van der Waals surface area contributed by atoms with Crippen LogP contribution in [-0.4, -0.2) is 30.0 Å². The number of rotatable bonds is 5. The number of nitrogens with one attached hydrogen (secondary N) is 2. The summed E-state index contributed by atoms with van der Waals surface area (Å²) in [6.07, 6.45) is 4.45. The Morgan fingerprint density at radius 2 is 2.35 bits per heavy atom. The summed E-state index contributed by atoms with van der Waals surface area (Å²) >= 11 is 0. The Hall–Kier alpha value is -2.86. The fourth-order valence-electron chi connectivity index (χ4n) is 3.26. The first-order valence-electron chi connectivity index (χ1n) is 8.77. The summed E-state index contributed by atoms with van der Waals surface area (Å²) in [4.78, 5) is 16.8. The Morgan fingerprint density at radius 1 is 1.42 bits per heavy atom. The summed E-state index contributed by atoms with van der Waals surface area (Å²) in [5, 5.41) is 7.11. The van der Waals surface area contributed by atoms with Gasteiger partial charge in [-0.05, 0) is 44.2 Å². The van der Waals surface area contributed by atoms with Gasteiger partial charge in [-0.2, -0.15) is 0 Å². The summed E-state index contributed by atoms with van der Waals surface area (Å²) in [5.41, 5.74) is 2.26. The van der Waals surface area contributed by atoms with Crippen molar-refractivity contribution >= 4 is 16.9 Å². The number of hydrogen-bond donors (Lipinski definition) is 2. The van der Waals surface area contributed by atoms with Gasteiger partial charge in [0.2, 0.25) is 0 Å². The molecule has 1 aliphatic heterocycles. The second-order valence-corrected chi connectivity index (χ2v) is 6.50. The maximum Gasteiger partial charge on any atom is 0.255 e. The number of amides is 1. The van der Waals surface area contributed by atoms with Crippen molar-refractivity contribution in [1.82, 2.24) is 15.6 Å². The van der Waals surface area contributed by atoms with Gasteiger partial charge in [-0.1, -0.05) is 6.07 Å². The molecule has 1 atom stereocenters. The molecule has 1 saturated heterocycles. The van der Waals surface area contributed by atoms with Gasteiger partial charge in [0.15, 0.2) is 0 Å². The van der Waals surface area contributed by atoms with Crippen molar-refractivity contribution in [3.63, 3.8) is 0 Å². The van der Waals surface area contributed by atoms with Crippen LogP contribution in [0.2, 0.25) is 0 Å². The summed E-state index contributed by atoms with van der Waals surface area (Å²) in [7, 11) is 0. The van der Waals surface area contributed by atoms with E-state index in [2.05, 4.69) is 15.6 Å². The van der Waals surface area contributed by atoms with Crippen LogP contribution in [0.25, 0.3) is 11.0 Å². The molecule has 1 aromatic carbocycles. The largest absolute Gasteiger partial charge is 0.489 e. The normalized spacial score (nSPS) is 16.7. The Balaban J connectivity index is 1.57. The van der Waals surface area contributed by atoms with E-state index in [9.17, 15) is 4.79 Å². The molecule has 1 amide bonds. The molecule has 0 bridgehead atoms. The van der Waals surface area contributed by atoms with Crippen molar-refractivity contribution in [2.75, 3.05) is 13.1 Å². The van der Waals surface area contributed by atoms with Crippen molar-refractivity contribution < 1.29 is 13.9 Å². The number of carbonyl (C=O) groups is 1. The molecule has 1 aliphatic rings. The number of nitrogens with zero attached hydrogens (tertiary/aromatic N) is 1. The van der Waals surface area contributed by atoms with Crippen LogP contribution >= 0.6 is 0 Å². The van der Waals surface area contributed by atoms with E-state index in [1.54, 1.807) is 12.4 Å². The summed E-state index contributed by atoms with van der Waals surface area (Å²) in [5.74, 6) is 1.21. The predicted octanol–water partition coefficient (Wildman–Crippen LogP) is 2.81. The summed E-state index contributed by atoms with van der Waals surface area (Å²) < 4.78 is 11.6. The van der Waals surface area contributed by atoms with Crippen molar-refractivity contribution in [2.45, 2.75) is 26.0 Å². The van der Waals surface area contributed by atoms with E-state index >= 15 is 0 Å². The molecule has 1 fully saturated rings. The van der Waals surface area contributed by atoms with Crippen LogP contribution in [0.5, 0.6) is 5.75 Å². The van der Waals surface area contributed by atoms with Gasteiger partial charge in [-0.25, -0.2) is 0 Å². The van der Waals surface area contributed by atoms with Crippen molar-refractivity contribution in [3.8, 4) is 5.75 Å². The van der Waals surface area contributed by atoms with Crippen LogP contribution in [0.1, 0.15) is 28.1 Å². The fraction of sp³-hybridized carbons (Fsp3) is 0.300. The van der Waals surface area contributed by atoms with Gasteiger partial charge in [-0.15, -0.1) is 0 Å². The quantitative estimate of drug-likeness (QED) is 0.739. The maximum atomic E-state index is 12.7. The molecule has 3 aromatic rings. The van der Waals surface area contributed by atoms with E-state index < -0.39 is 0 Å². The van der Waals surface area contributed by atoms with E-state index in [1.165, 1.54) is 0 Å². The molecular formula is C20H21N3O3. The fourth-order valence-corrected chi connectivity index (χ4v) is 3.26. The van der Waals surface area contributed by atoms with Crippen molar-refractivity contribution in [2.24, 2.45) is 0 Å². The molecule has 6 heteroatoms. The van der Waals surface area contributed by atoms with E-state index in [-0.39, 0.29) is 11.9 Å². The number of hydrogen-bond acceptors (Lipinski definition) is 5. The SMILES string of the molecule is Cc1oc2ccc(OCc3cccnc3)cc2c1C(=O)N[C@H]1CCNC1. The summed E-state index contributed by atoms with van der Waals surface area (Å²) in [6.45, 7) is 3.98. The van der Waals surface area contributed by atoms with Gasteiger partial charge < -0.3 is 19.8 Å². The number of furan rings is 1.